The molecule has 0 saturated carbocycles. The lowest BCUT2D eigenvalue weighted by Gasteiger charge is -2.17. The van der Waals surface area contributed by atoms with Crippen LogP contribution < -0.4 is 10.2 Å². The summed E-state index contributed by atoms with van der Waals surface area (Å²) in [6.45, 7) is 0.362. The van der Waals surface area contributed by atoms with Gasteiger partial charge in [-0.2, -0.15) is 0 Å². The molecule has 3 rings (SSSR count). The number of anilines is 1. The second-order valence-corrected chi connectivity index (χ2v) is 6.28. The first-order valence-electron chi connectivity index (χ1n) is 8.57. The molecule has 0 aliphatic carbocycles. The molecule has 0 radical (unpaired) electrons. The highest BCUT2D eigenvalue weighted by molar-refractivity contribution is 5.96. The molecule has 26 heavy (non-hydrogen) atoms. The fourth-order valence-corrected chi connectivity index (χ4v) is 3.00. The Kier molecular flexibility index (Phi) is 5.51. The minimum atomic E-state index is -0.527. The topological polar surface area (TPSA) is 58.6 Å². The van der Waals surface area contributed by atoms with Crippen LogP contribution in [0.5, 0.6) is 0 Å². The summed E-state index contributed by atoms with van der Waals surface area (Å²) in [7, 11) is 1.49. The molecule has 1 atom stereocenters. The number of aryl methyl sites for hydroxylation is 2. The van der Waals surface area contributed by atoms with Gasteiger partial charge in [0, 0.05) is 12.7 Å². The van der Waals surface area contributed by atoms with E-state index in [-0.39, 0.29) is 18.1 Å². The second-order valence-electron chi connectivity index (χ2n) is 6.28. The smallest absolute Gasteiger partial charge is 0.407 e. The summed E-state index contributed by atoms with van der Waals surface area (Å²) in [4.78, 5) is 25.1. The molecule has 2 amide bonds. The van der Waals surface area contributed by atoms with E-state index in [1.165, 1.54) is 19.2 Å². The third kappa shape index (κ3) is 4.39. The summed E-state index contributed by atoms with van der Waals surface area (Å²) in [5.74, 6) is -0.287. The summed E-state index contributed by atoms with van der Waals surface area (Å²) in [6, 6.07) is 14.3. The molecule has 1 fully saturated rings. The van der Waals surface area contributed by atoms with Crippen LogP contribution in [0.1, 0.15) is 17.5 Å². The molecular formula is C20H21FN2O3. The predicted molar refractivity (Wildman–Crippen MR) is 96.5 cm³/mol. The molecule has 2 aromatic carbocycles. The number of halogens is 1. The number of nitrogens with one attached hydrogen (secondary N) is 1. The summed E-state index contributed by atoms with van der Waals surface area (Å²) >= 11 is 0. The van der Waals surface area contributed by atoms with Gasteiger partial charge in [0.25, 0.3) is 0 Å². The van der Waals surface area contributed by atoms with E-state index >= 15 is 0 Å². The number of carbonyl (C=O) groups excluding carboxylic acids is 2. The highest BCUT2D eigenvalue weighted by atomic mass is 19.1. The van der Waals surface area contributed by atoms with Crippen molar-refractivity contribution in [1.29, 1.82) is 0 Å². The minimum Gasteiger partial charge on any atom is -0.444 e. The first-order valence-corrected chi connectivity index (χ1v) is 8.57. The van der Waals surface area contributed by atoms with Gasteiger partial charge in [0.15, 0.2) is 0 Å². The van der Waals surface area contributed by atoms with E-state index in [1.54, 1.807) is 17.0 Å². The fraction of sp³-hybridized carbons (Fsp3) is 0.300. The van der Waals surface area contributed by atoms with E-state index in [0.717, 1.165) is 29.7 Å². The minimum absolute atomic E-state index is 0.0574. The van der Waals surface area contributed by atoms with Gasteiger partial charge in [-0.3, -0.25) is 4.79 Å². The van der Waals surface area contributed by atoms with Crippen molar-refractivity contribution in [3.63, 3.8) is 0 Å². The zero-order chi connectivity index (χ0) is 18.5. The maximum Gasteiger partial charge on any atom is 0.407 e. The highest BCUT2D eigenvalue weighted by Gasteiger charge is 2.32. The van der Waals surface area contributed by atoms with Gasteiger partial charge < -0.3 is 15.0 Å². The van der Waals surface area contributed by atoms with Gasteiger partial charge in [0.05, 0.1) is 13.0 Å². The molecule has 0 spiro atoms. The summed E-state index contributed by atoms with van der Waals surface area (Å²) in [6.07, 6.45) is 0.896. The van der Waals surface area contributed by atoms with Crippen molar-refractivity contribution < 1.29 is 18.7 Å². The van der Waals surface area contributed by atoms with Gasteiger partial charge in [0.1, 0.15) is 11.9 Å². The average molecular weight is 356 g/mol. The van der Waals surface area contributed by atoms with E-state index in [4.69, 9.17) is 4.74 Å². The summed E-state index contributed by atoms with van der Waals surface area (Å²) < 4.78 is 18.1. The Morgan fingerprint density at radius 3 is 2.27 bits per heavy atom. The lowest BCUT2D eigenvalue weighted by molar-refractivity contribution is -0.117. The van der Waals surface area contributed by atoms with Crippen LogP contribution in [0.4, 0.5) is 14.9 Å². The van der Waals surface area contributed by atoms with Gasteiger partial charge in [-0.1, -0.05) is 24.3 Å². The number of nitrogens with zero attached hydrogens (tertiary/aromatic N) is 1. The fourth-order valence-electron chi connectivity index (χ4n) is 3.00. The molecule has 0 aromatic heterocycles. The molecule has 6 heteroatoms. The Morgan fingerprint density at radius 2 is 1.69 bits per heavy atom. The Morgan fingerprint density at radius 1 is 1.12 bits per heavy atom. The van der Waals surface area contributed by atoms with Crippen molar-refractivity contribution in [2.75, 3.05) is 18.5 Å². The quantitative estimate of drug-likeness (QED) is 0.896. The maximum atomic E-state index is 12.9. The van der Waals surface area contributed by atoms with E-state index in [1.807, 2.05) is 24.3 Å². The SMILES string of the molecule is CNC(=O)OC1CC(=O)N(c2ccc(CCc3ccc(F)cc3)cc2)C1. The Hall–Kier alpha value is -2.89. The van der Waals surface area contributed by atoms with Crippen LogP contribution in [0.25, 0.3) is 0 Å². The average Bonchev–Trinajstić information content (AvgIpc) is 3.01. The number of alkyl carbamates (subject to hydrolysis) is 1. The number of hydrogen-bond donors (Lipinski definition) is 1. The van der Waals surface area contributed by atoms with Gasteiger partial charge >= 0.3 is 6.09 Å². The van der Waals surface area contributed by atoms with Crippen LogP contribution in [-0.2, 0) is 22.4 Å². The van der Waals surface area contributed by atoms with Gasteiger partial charge in [-0.15, -0.1) is 0 Å². The van der Waals surface area contributed by atoms with Crippen LogP contribution in [0, 0.1) is 5.82 Å². The lowest BCUT2D eigenvalue weighted by atomic mass is 10.0. The third-order valence-corrected chi connectivity index (χ3v) is 4.43. The van der Waals surface area contributed by atoms with Gasteiger partial charge in [-0.25, -0.2) is 9.18 Å². The number of rotatable bonds is 5. The molecule has 1 heterocycles. The van der Waals surface area contributed by atoms with Gasteiger partial charge in [0.2, 0.25) is 5.91 Å². The van der Waals surface area contributed by atoms with Gasteiger partial charge in [-0.05, 0) is 48.2 Å². The normalized spacial score (nSPS) is 16.6. The molecule has 1 aliphatic heterocycles. The molecular weight excluding hydrogens is 335 g/mol. The van der Waals surface area contributed by atoms with E-state index in [0.29, 0.717) is 6.54 Å². The van der Waals surface area contributed by atoms with E-state index in [9.17, 15) is 14.0 Å². The standard InChI is InChI=1S/C20H21FN2O3/c1-22-20(25)26-18-12-19(24)23(13-18)17-10-6-15(7-11-17)3-2-14-4-8-16(21)9-5-14/h4-11,18H,2-3,12-13H2,1H3,(H,22,25). The van der Waals surface area contributed by atoms with Crippen LogP contribution >= 0.6 is 0 Å². The molecule has 5 nitrogen and oxygen atoms in total. The van der Waals surface area contributed by atoms with Crippen molar-refractivity contribution in [1.82, 2.24) is 5.32 Å². The Balaban J connectivity index is 1.58. The molecule has 1 saturated heterocycles. The van der Waals surface area contributed by atoms with Crippen molar-refractivity contribution in [2.45, 2.75) is 25.4 Å². The monoisotopic (exact) mass is 356 g/mol. The van der Waals surface area contributed by atoms with Crippen LogP contribution in [0.15, 0.2) is 48.5 Å². The Bertz CT molecular complexity index is 775. The zero-order valence-electron chi connectivity index (χ0n) is 14.6. The van der Waals surface area contributed by atoms with E-state index in [2.05, 4.69) is 5.32 Å². The molecule has 1 unspecified atom stereocenters. The number of amides is 2. The number of carbonyl (C=O) groups is 2. The molecule has 1 aliphatic rings. The number of hydrogen-bond acceptors (Lipinski definition) is 3. The summed E-state index contributed by atoms with van der Waals surface area (Å²) in [5.41, 5.74) is 3.02. The second kappa shape index (κ2) is 7.99. The first kappa shape index (κ1) is 17.9. The largest absolute Gasteiger partial charge is 0.444 e. The number of benzene rings is 2. The van der Waals surface area contributed by atoms with Crippen LogP contribution in [-0.4, -0.2) is 31.7 Å². The summed E-state index contributed by atoms with van der Waals surface area (Å²) in [5, 5.41) is 2.39. The first-order chi connectivity index (χ1) is 12.5. The Labute approximate surface area is 151 Å². The maximum absolute atomic E-state index is 12.9. The van der Waals surface area contributed by atoms with Crippen LogP contribution in [0.3, 0.4) is 0 Å². The third-order valence-electron chi connectivity index (χ3n) is 4.43. The highest BCUT2D eigenvalue weighted by Crippen LogP contribution is 2.24. The van der Waals surface area contributed by atoms with Crippen molar-refractivity contribution in [2.24, 2.45) is 0 Å². The van der Waals surface area contributed by atoms with Crippen molar-refractivity contribution >= 4 is 17.7 Å². The molecule has 1 N–H and O–H groups in total. The van der Waals surface area contributed by atoms with E-state index < -0.39 is 12.2 Å². The lowest BCUT2D eigenvalue weighted by Crippen LogP contribution is -2.29. The van der Waals surface area contributed by atoms with Crippen LogP contribution in [0.2, 0.25) is 0 Å². The van der Waals surface area contributed by atoms with Crippen molar-refractivity contribution in [3.8, 4) is 0 Å². The number of ether oxygens (including phenoxy) is 1. The molecule has 136 valence electrons. The zero-order valence-corrected chi connectivity index (χ0v) is 14.6. The van der Waals surface area contributed by atoms with Crippen molar-refractivity contribution in [3.05, 3.63) is 65.5 Å². The molecule has 2 aromatic rings. The molecule has 0 bridgehead atoms. The predicted octanol–water partition coefficient (Wildman–Crippen LogP) is 3.07.